The van der Waals surface area contributed by atoms with Crippen LogP contribution in [-0.4, -0.2) is 36.1 Å². The van der Waals surface area contributed by atoms with Gasteiger partial charge in [0.25, 0.3) is 0 Å². The fourth-order valence-corrected chi connectivity index (χ4v) is 2.51. The van der Waals surface area contributed by atoms with Gasteiger partial charge in [-0.25, -0.2) is 0 Å². The van der Waals surface area contributed by atoms with Crippen LogP contribution in [0.4, 0.5) is 0 Å². The number of piperidine rings is 1. The maximum atomic E-state index is 6.02. The van der Waals surface area contributed by atoms with Crippen LogP contribution in [0.2, 0.25) is 5.02 Å². The van der Waals surface area contributed by atoms with Gasteiger partial charge in [-0.2, -0.15) is 0 Å². The molecule has 0 aromatic carbocycles. The molecule has 0 bridgehead atoms. The Morgan fingerprint density at radius 3 is 2.95 bits per heavy atom. The Morgan fingerprint density at radius 1 is 1.47 bits per heavy atom. The number of nitrogens with zero attached hydrogens (tertiary/aromatic N) is 2. The van der Waals surface area contributed by atoms with E-state index >= 15 is 0 Å². The minimum absolute atomic E-state index is 0.589. The molecule has 0 atom stereocenters. The van der Waals surface area contributed by atoms with Crippen molar-refractivity contribution in [3.8, 4) is 5.75 Å². The van der Waals surface area contributed by atoms with Gasteiger partial charge < -0.3 is 9.64 Å². The minimum Gasteiger partial charge on any atom is -0.492 e. The number of halogens is 1. The average Bonchev–Trinajstić information content (AvgIpc) is 2.45. The highest BCUT2D eigenvalue weighted by Crippen LogP contribution is 2.24. The van der Waals surface area contributed by atoms with E-state index in [4.69, 9.17) is 16.3 Å². The molecule has 1 fully saturated rings. The highest BCUT2D eigenvalue weighted by atomic mass is 35.5. The highest BCUT2D eigenvalue weighted by molar-refractivity contribution is 6.31. The van der Waals surface area contributed by atoms with Gasteiger partial charge in [-0.05, 0) is 38.3 Å². The number of hydrogen-bond donors (Lipinski definition) is 0. The predicted molar refractivity (Wildman–Crippen MR) is 78.7 cm³/mol. The summed E-state index contributed by atoms with van der Waals surface area (Å²) in [6.45, 7) is 7.97. The molecule has 2 rings (SSSR count). The van der Waals surface area contributed by atoms with Crippen molar-refractivity contribution in [3.05, 3.63) is 36.1 Å². The smallest absolute Gasteiger partial charge is 0.141 e. The van der Waals surface area contributed by atoms with Crippen LogP contribution in [0.1, 0.15) is 19.3 Å². The molecule has 2 heterocycles. The molecule has 104 valence electrons. The van der Waals surface area contributed by atoms with Crippen molar-refractivity contribution in [3.63, 3.8) is 0 Å². The van der Waals surface area contributed by atoms with Crippen molar-refractivity contribution >= 4 is 11.6 Å². The van der Waals surface area contributed by atoms with Crippen LogP contribution >= 0.6 is 11.6 Å². The number of ether oxygens (including phenoxy) is 1. The number of pyridine rings is 1. The average molecular weight is 281 g/mol. The number of likely N-dealkylation sites (tertiary alicyclic amines) is 1. The predicted octanol–water partition coefficient (Wildman–Crippen LogP) is 3.40. The second-order valence-corrected chi connectivity index (χ2v) is 5.39. The van der Waals surface area contributed by atoms with Crippen molar-refractivity contribution in [1.82, 2.24) is 9.88 Å². The van der Waals surface area contributed by atoms with E-state index in [9.17, 15) is 0 Å². The van der Waals surface area contributed by atoms with Crippen LogP contribution in [0.5, 0.6) is 5.75 Å². The van der Waals surface area contributed by atoms with Gasteiger partial charge in [0.05, 0.1) is 6.61 Å². The quantitative estimate of drug-likeness (QED) is 0.747. The van der Waals surface area contributed by atoms with Crippen LogP contribution < -0.4 is 4.74 Å². The number of aromatic nitrogens is 1. The lowest BCUT2D eigenvalue weighted by molar-refractivity contribution is 0.143. The van der Waals surface area contributed by atoms with E-state index in [1.165, 1.54) is 12.8 Å². The Labute approximate surface area is 120 Å². The Morgan fingerprint density at radius 2 is 2.26 bits per heavy atom. The van der Waals surface area contributed by atoms with E-state index in [2.05, 4.69) is 16.5 Å². The lowest BCUT2D eigenvalue weighted by Gasteiger charge is -2.31. The fourth-order valence-electron chi connectivity index (χ4n) is 2.34. The number of rotatable bonds is 6. The molecule has 1 aliphatic rings. The molecular weight excluding hydrogens is 260 g/mol. The van der Waals surface area contributed by atoms with E-state index in [0.29, 0.717) is 10.9 Å². The molecule has 0 amide bonds. The van der Waals surface area contributed by atoms with Crippen molar-refractivity contribution in [1.29, 1.82) is 0 Å². The Balaban J connectivity index is 1.71. The molecule has 0 N–H and O–H groups in total. The zero-order chi connectivity index (χ0) is 13.5. The van der Waals surface area contributed by atoms with E-state index in [-0.39, 0.29) is 0 Å². The first kappa shape index (κ1) is 14.4. The Bertz CT molecular complexity index is 403. The summed E-state index contributed by atoms with van der Waals surface area (Å²) in [5.74, 6) is 1.37. The lowest BCUT2D eigenvalue weighted by atomic mass is 9.98. The second kappa shape index (κ2) is 7.51. The number of hydrogen-bond acceptors (Lipinski definition) is 3. The van der Waals surface area contributed by atoms with Gasteiger partial charge in [-0.15, -0.1) is 6.58 Å². The van der Waals surface area contributed by atoms with Crippen molar-refractivity contribution in [2.24, 2.45) is 5.92 Å². The van der Waals surface area contributed by atoms with E-state index < -0.39 is 0 Å². The highest BCUT2D eigenvalue weighted by Gasteiger charge is 2.19. The van der Waals surface area contributed by atoms with E-state index in [1.54, 1.807) is 12.4 Å². The fraction of sp³-hybridized carbons (Fsp3) is 0.533. The molecule has 0 spiro atoms. The lowest BCUT2D eigenvalue weighted by Crippen LogP contribution is -2.36. The topological polar surface area (TPSA) is 25.4 Å². The third-order valence-corrected chi connectivity index (χ3v) is 3.85. The minimum atomic E-state index is 0.589. The summed E-state index contributed by atoms with van der Waals surface area (Å²) in [6, 6.07) is 1.82. The zero-order valence-corrected chi connectivity index (χ0v) is 12.0. The third kappa shape index (κ3) is 4.51. The van der Waals surface area contributed by atoms with Crippen LogP contribution in [0.3, 0.4) is 0 Å². The SMILES string of the molecule is C=CCCN1CCC(COc2ccncc2Cl)CC1. The molecular formula is C15H21ClN2O. The molecule has 0 saturated carbocycles. The summed E-state index contributed by atoms with van der Waals surface area (Å²) >= 11 is 6.02. The third-order valence-electron chi connectivity index (χ3n) is 3.57. The van der Waals surface area contributed by atoms with Gasteiger partial charge in [0.1, 0.15) is 10.8 Å². The van der Waals surface area contributed by atoms with Gasteiger partial charge in [0, 0.05) is 25.0 Å². The summed E-state index contributed by atoms with van der Waals surface area (Å²) < 4.78 is 5.79. The molecule has 1 aromatic rings. The first-order chi connectivity index (χ1) is 9.29. The molecule has 0 radical (unpaired) electrons. The van der Waals surface area contributed by atoms with Gasteiger partial charge >= 0.3 is 0 Å². The van der Waals surface area contributed by atoms with Gasteiger partial charge in [0.15, 0.2) is 0 Å². The van der Waals surface area contributed by atoms with Gasteiger partial charge in [-0.3, -0.25) is 4.98 Å². The maximum Gasteiger partial charge on any atom is 0.141 e. The van der Waals surface area contributed by atoms with Crippen molar-refractivity contribution in [2.75, 3.05) is 26.2 Å². The maximum absolute atomic E-state index is 6.02. The van der Waals surface area contributed by atoms with E-state index in [0.717, 1.165) is 38.4 Å². The van der Waals surface area contributed by atoms with Gasteiger partial charge in [-0.1, -0.05) is 17.7 Å². The Hall–Kier alpha value is -1.06. The Kier molecular flexibility index (Phi) is 5.67. The first-order valence-corrected chi connectivity index (χ1v) is 7.23. The van der Waals surface area contributed by atoms with E-state index in [1.807, 2.05) is 12.1 Å². The van der Waals surface area contributed by atoms with Crippen LogP contribution in [0.25, 0.3) is 0 Å². The summed E-state index contributed by atoms with van der Waals surface area (Å²) in [6.07, 6.45) is 8.78. The normalized spacial score (nSPS) is 17.3. The summed E-state index contributed by atoms with van der Waals surface area (Å²) in [5.41, 5.74) is 0. The van der Waals surface area contributed by atoms with Gasteiger partial charge in [0.2, 0.25) is 0 Å². The van der Waals surface area contributed by atoms with Crippen LogP contribution in [0, 0.1) is 5.92 Å². The molecule has 3 nitrogen and oxygen atoms in total. The summed E-state index contributed by atoms with van der Waals surface area (Å²) in [7, 11) is 0. The standard InChI is InChI=1S/C15H21ClN2O/c1-2-3-8-18-9-5-13(6-10-18)12-19-15-4-7-17-11-14(15)16/h2,4,7,11,13H,1,3,5-6,8-10,12H2. The zero-order valence-electron chi connectivity index (χ0n) is 11.2. The van der Waals surface area contributed by atoms with Crippen molar-refractivity contribution in [2.45, 2.75) is 19.3 Å². The molecule has 1 aromatic heterocycles. The monoisotopic (exact) mass is 280 g/mol. The summed E-state index contributed by atoms with van der Waals surface area (Å²) in [5, 5.41) is 0.589. The molecule has 1 aliphatic heterocycles. The molecule has 0 aliphatic carbocycles. The van der Waals surface area contributed by atoms with Crippen LogP contribution in [-0.2, 0) is 0 Å². The summed E-state index contributed by atoms with van der Waals surface area (Å²) in [4.78, 5) is 6.45. The molecule has 1 saturated heterocycles. The van der Waals surface area contributed by atoms with Crippen molar-refractivity contribution < 1.29 is 4.74 Å². The van der Waals surface area contributed by atoms with Crippen LogP contribution in [0.15, 0.2) is 31.1 Å². The molecule has 4 heteroatoms. The molecule has 19 heavy (non-hydrogen) atoms. The first-order valence-electron chi connectivity index (χ1n) is 6.85. The second-order valence-electron chi connectivity index (χ2n) is 4.98. The molecule has 0 unspecified atom stereocenters. The largest absolute Gasteiger partial charge is 0.492 e.